The molecule has 1 amide bonds. The van der Waals surface area contributed by atoms with Gasteiger partial charge >= 0.3 is 5.97 Å². The van der Waals surface area contributed by atoms with Gasteiger partial charge in [0.1, 0.15) is 6.04 Å². The van der Waals surface area contributed by atoms with Crippen molar-refractivity contribution >= 4 is 11.9 Å². The molecule has 1 aliphatic rings. The zero-order valence-corrected chi connectivity index (χ0v) is 10.8. The number of rotatable bonds is 4. The second-order valence-corrected chi connectivity index (χ2v) is 4.75. The van der Waals surface area contributed by atoms with Crippen LogP contribution in [0.25, 0.3) is 0 Å². The van der Waals surface area contributed by atoms with E-state index < -0.39 is 18.1 Å². The van der Waals surface area contributed by atoms with Crippen molar-refractivity contribution in [3.05, 3.63) is 17.7 Å². The molecule has 2 rings (SSSR count). The minimum Gasteiger partial charge on any atom is -0.480 e. The molecule has 1 aromatic heterocycles. The normalized spacial score (nSPS) is 19.9. The first-order chi connectivity index (χ1) is 9.04. The Labute approximate surface area is 110 Å². The number of imidazole rings is 1. The number of nitrogens with one attached hydrogen (secondary N) is 1. The van der Waals surface area contributed by atoms with Crippen LogP contribution in [0.2, 0.25) is 0 Å². The lowest BCUT2D eigenvalue weighted by Gasteiger charge is -2.34. The highest BCUT2D eigenvalue weighted by atomic mass is 16.4. The maximum Gasteiger partial charge on any atom is 0.326 e. The van der Waals surface area contributed by atoms with Gasteiger partial charge in [0.2, 0.25) is 5.91 Å². The highest BCUT2D eigenvalue weighted by Crippen LogP contribution is 2.21. The van der Waals surface area contributed by atoms with Crippen molar-refractivity contribution < 1.29 is 14.7 Å². The number of aromatic amines is 1. The first-order valence-corrected chi connectivity index (χ1v) is 6.34. The van der Waals surface area contributed by atoms with Gasteiger partial charge in [-0.3, -0.25) is 4.79 Å². The summed E-state index contributed by atoms with van der Waals surface area (Å²) in [6.07, 6.45) is 3.08. The lowest BCUT2D eigenvalue weighted by molar-refractivity contribution is -0.152. The smallest absolute Gasteiger partial charge is 0.326 e. The van der Waals surface area contributed by atoms with E-state index in [2.05, 4.69) is 9.97 Å². The number of carbonyl (C=O) groups is 2. The van der Waals surface area contributed by atoms with Crippen molar-refractivity contribution in [1.29, 1.82) is 0 Å². The molecule has 1 aromatic rings. The van der Waals surface area contributed by atoms with Crippen LogP contribution in [0.4, 0.5) is 0 Å². The van der Waals surface area contributed by atoms with Gasteiger partial charge in [-0.25, -0.2) is 9.78 Å². The molecule has 0 aliphatic carbocycles. The number of carboxylic acids is 1. The largest absolute Gasteiger partial charge is 0.480 e. The Hall–Kier alpha value is -1.89. The molecule has 0 spiro atoms. The monoisotopic (exact) mass is 266 g/mol. The van der Waals surface area contributed by atoms with E-state index in [1.54, 1.807) is 0 Å². The van der Waals surface area contributed by atoms with Gasteiger partial charge in [0.25, 0.3) is 0 Å². The van der Waals surface area contributed by atoms with Crippen LogP contribution in [0.3, 0.4) is 0 Å². The SMILES string of the molecule is CCCC(N)C(=O)N1Cc2[nH]cnc2CC1C(=O)O. The minimum absolute atomic E-state index is 0.221. The number of nitrogens with zero attached hydrogens (tertiary/aromatic N) is 2. The van der Waals surface area contributed by atoms with Gasteiger partial charge in [0.15, 0.2) is 0 Å². The number of fused-ring (bicyclic) bond motifs is 1. The molecule has 104 valence electrons. The molecular formula is C12H18N4O3. The van der Waals surface area contributed by atoms with Gasteiger partial charge in [-0.1, -0.05) is 13.3 Å². The maximum absolute atomic E-state index is 12.2. The second kappa shape index (κ2) is 5.40. The van der Waals surface area contributed by atoms with Gasteiger partial charge in [0, 0.05) is 6.42 Å². The molecule has 2 atom stereocenters. The van der Waals surface area contributed by atoms with Crippen LogP contribution in [0.15, 0.2) is 6.33 Å². The summed E-state index contributed by atoms with van der Waals surface area (Å²) in [5, 5.41) is 9.26. The number of amides is 1. The quantitative estimate of drug-likeness (QED) is 0.703. The molecule has 0 bridgehead atoms. The van der Waals surface area contributed by atoms with Gasteiger partial charge in [-0.2, -0.15) is 0 Å². The molecule has 2 unspecified atom stereocenters. The highest BCUT2D eigenvalue weighted by molar-refractivity contribution is 5.87. The van der Waals surface area contributed by atoms with Crippen LogP contribution < -0.4 is 5.73 Å². The summed E-state index contributed by atoms with van der Waals surface area (Å²) in [6.45, 7) is 2.16. The van der Waals surface area contributed by atoms with Gasteiger partial charge in [-0.05, 0) is 6.42 Å². The topological polar surface area (TPSA) is 112 Å². The molecule has 0 fully saturated rings. The number of H-pyrrole nitrogens is 1. The molecule has 0 saturated heterocycles. The van der Waals surface area contributed by atoms with E-state index in [1.165, 1.54) is 11.2 Å². The Kier molecular flexibility index (Phi) is 3.84. The fraction of sp³-hybridized carbons (Fsp3) is 0.583. The number of hydrogen-bond donors (Lipinski definition) is 3. The van der Waals surface area contributed by atoms with Crippen molar-refractivity contribution in [2.75, 3.05) is 0 Å². The molecule has 19 heavy (non-hydrogen) atoms. The summed E-state index contributed by atoms with van der Waals surface area (Å²) < 4.78 is 0. The van der Waals surface area contributed by atoms with E-state index in [4.69, 9.17) is 5.73 Å². The molecule has 0 saturated carbocycles. The third-order valence-corrected chi connectivity index (χ3v) is 3.38. The van der Waals surface area contributed by atoms with Gasteiger partial charge < -0.3 is 20.7 Å². The highest BCUT2D eigenvalue weighted by Gasteiger charge is 2.37. The zero-order chi connectivity index (χ0) is 14.0. The van der Waals surface area contributed by atoms with Crippen LogP contribution in [-0.2, 0) is 22.6 Å². The Bertz CT molecular complexity index is 485. The third-order valence-electron chi connectivity index (χ3n) is 3.38. The molecule has 7 heteroatoms. The molecule has 4 N–H and O–H groups in total. The van der Waals surface area contributed by atoms with E-state index in [0.717, 1.165) is 12.1 Å². The fourth-order valence-corrected chi connectivity index (χ4v) is 2.34. The summed E-state index contributed by atoms with van der Waals surface area (Å²) >= 11 is 0. The summed E-state index contributed by atoms with van der Waals surface area (Å²) in [5.74, 6) is -1.33. The summed E-state index contributed by atoms with van der Waals surface area (Å²) in [4.78, 5) is 31.9. The van der Waals surface area contributed by atoms with Crippen molar-refractivity contribution in [1.82, 2.24) is 14.9 Å². The van der Waals surface area contributed by atoms with Crippen LogP contribution in [0.5, 0.6) is 0 Å². The fourth-order valence-electron chi connectivity index (χ4n) is 2.34. The Balaban J connectivity index is 2.22. The van der Waals surface area contributed by atoms with Crippen molar-refractivity contribution in [3.8, 4) is 0 Å². The number of hydrogen-bond acceptors (Lipinski definition) is 4. The van der Waals surface area contributed by atoms with E-state index in [1.807, 2.05) is 6.92 Å². The van der Waals surface area contributed by atoms with Gasteiger partial charge in [-0.15, -0.1) is 0 Å². The van der Waals surface area contributed by atoms with Crippen LogP contribution >= 0.6 is 0 Å². The maximum atomic E-state index is 12.2. The predicted molar refractivity (Wildman–Crippen MR) is 67.1 cm³/mol. The van der Waals surface area contributed by atoms with Gasteiger partial charge in [0.05, 0.1) is 30.3 Å². The lowest BCUT2D eigenvalue weighted by atomic mass is 10.0. The Morgan fingerprint density at radius 2 is 2.42 bits per heavy atom. The number of aromatic nitrogens is 2. The second-order valence-electron chi connectivity index (χ2n) is 4.75. The summed E-state index contributed by atoms with van der Waals surface area (Å²) in [7, 11) is 0. The van der Waals surface area contributed by atoms with E-state index >= 15 is 0 Å². The van der Waals surface area contributed by atoms with Crippen molar-refractivity contribution in [2.45, 2.75) is 44.8 Å². The third kappa shape index (κ3) is 2.60. The first-order valence-electron chi connectivity index (χ1n) is 6.34. The van der Waals surface area contributed by atoms with Crippen LogP contribution in [0.1, 0.15) is 31.2 Å². The molecule has 0 radical (unpaired) electrons. The molecule has 2 heterocycles. The predicted octanol–water partition coefficient (Wildman–Crippen LogP) is -0.125. The number of nitrogens with two attached hydrogens (primary N) is 1. The summed E-state index contributed by atoms with van der Waals surface area (Å²) in [6, 6.07) is -1.53. The Morgan fingerprint density at radius 3 is 3.05 bits per heavy atom. The minimum atomic E-state index is -1.02. The van der Waals surface area contributed by atoms with E-state index in [-0.39, 0.29) is 18.9 Å². The number of carboxylic acid groups (broad SMARTS) is 1. The van der Waals surface area contributed by atoms with Crippen molar-refractivity contribution in [3.63, 3.8) is 0 Å². The lowest BCUT2D eigenvalue weighted by Crippen LogP contribution is -2.53. The standard InChI is InChI=1S/C12H18N4O3/c1-2-3-7(13)11(17)16-5-9-8(14-6-15-9)4-10(16)12(18)19/h6-7,10H,2-5,13H2,1H3,(H,14,15)(H,18,19). The average molecular weight is 266 g/mol. The van der Waals surface area contributed by atoms with E-state index in [0.29, 0.717) is 12.1 Å². The van der Waals surface area contributed by atoms with Crippen LogP contribution in [0, 0.1) is 0 Å². The number of carbonyl (C=O) groups excluding carboxylic acids is 1. The van der Waals surface area contributed by atoms with Crippen LogP contribution in [-0.4, -0.2) is 43.9 Å². The molecule has 1 aliphatic heterocycles. The van der Waals surface area contributed by atoms with E-state index in [9.17, 15) is 14.7 Å². The number of aliphatic carboxylic acids is 1. The summed E-state index contributed by atoms with van der Waals surface area (Å²) in [5.41, 5.74) is 7.30. The molecule has 7 nitrogen and oxygen atoms in total. The first kappa shape index (κ1) is 13.5. The zero-order valence-electron chi connectivity index (χ0n) is 10.8. The average Bonchev–Trinajstić information content (AvgIpc) is 2.83. The van der Waals surface area contributed by atoms with Crippen molar-refractivity contribution in [2.24, 2.45) is 5.73 Å². The molecular weight excluding hydrogens is 248 g/mol. The molecule has 0 aromatic carbocycles. The Morgan fingerprint density at radius 1 is 1.68 bits per heavy atom.